The van der Waals surface area contributed by atoms with E-state index in [0.717, 1.165) is 24.3 Å². The van der Waals surface area contributed by atoms with Crippen LogP contribution >= 0.6 is 0 Å². The molecule has 7 nitrogen and oxygen atoms in total. The molecule has 2 aromatic heterocycles. The standard InChI is InChI=1S/C14H18N6O/c1-10-3-4-11(9-16-10)12-17-13(15-2)19-14(18-12)20-5-7-21-8-6-20/h3-4,9H,5-8H2,1-2H3,(H,15,17,18,19). The predicted octanol–water partition coefficient (Wildman–Crippen LogP) is 1.12. The van der Waals surface area contributed by atoms with E-state index in [4.69, 9.17) is 4.74 Å². The first-order valence-corrected chi connectivity index (χ1v) is 6.96. The van der Waals surface area contributed by atoms with Gasteiger partial charge in [-0.1, -0.05) is 0 Å². The second kappa shape index (κ2) is 6.01. The Balaban J connectivity index is 1.98. The summed E-state index contributed by atoms with van der Waals surface area (Å²) >= 11 is 0. The molecule has 0 amide bonds. The zero-order valence-electron chi connectivity index (χ0n) is 12.2. The van der Waals surface area contributed by atoms with Gasteiger partial charge in [-0.2, -0.15) is 15.0 Å². The molecule has 110 valence electrons. The minimum Gasteiger partial charge on any atom is -0.378 e. The number of anilines is 2. The summed E-state index contributed by atoms with van der Waals surface area (Å²) < 4.78 is 5.37. The number of aryl methyl sites for hydroxylation is 1. The van der Waals surface area contributed by atoms with Crippen LogP contribution in [0.4, 0.5) is 11.9 Å². The predicted molar refractivity (Wildman–Crippen MR) is 80.4 cm³/mol. The van der Waals surface area contributed by atoms with E-state index in [1.165, 1.54) is 0 Å². The summed E-state index contributed by atoms with van der Waals surface area (Å²) in [6.07, 6.45) is 1.78. The highest BCUT2D eigenvalue weighted by atomic mass is 16.5. The normalized spacial score (nSPS) is 15.0. The topological polar surface area (TPSA) is 76.1 Å². The molecule has 0 saturated carbocycles. The molecule has 0 bridgehead atoms. The number of hydrogen-bond donors (Lipinski definition) is 1. The van der Waals surface area contributed by atoms with Crippen LogP contribution in [-0.2, 0) is 4.74 Å². The molecule has 3 heterocycles. The average Bonchev–Trinajstić information content (AvgIpc) is 2.56. The number of nitrogens with zero attached hydrogens (tertiary/aromatic N) is 5. The summed E-state index contributed by atoms with van der Waals surface area (Å²) in [4.78, 5) is 19.8. The molecular weight excluding hydrogens is 268 g/mol. The quantitative estimate of drug-likeness (QED) is 0.906. The summed E-state index contributed by atoms with van der Waals surface area (Å²) in [7, 11) is 1.80. The lowest BCUT2D eigenvalue weighted by Crippen LogP contribution is -2.37. The van der Waals surface area contributed by atoms with E-state index in [9.17, 15) is 0 Å². The van der Waals surface area contributed by atoms with Crippen molar-refractivity contribution in [1.29, 1.82) is 0 Å². The minimum absolute atomic E-state index is 0.557. The molecule has 0 aliphatic carbocycles. The minimum atomic E-state index is 0.557. The van der Waals surface area contributed by atoms with Gasteiger partial charge in [-0.05, 0) is 19.1 Å². The van der Waals surface area contributed by atoms with Gasteiger partial charge in [-0.15, -0.1) is 0 Å². The number of aromatic nitrogens is 4. The van der Waals surface area contributed by atoms with E-state index < -0.39 is 0 Å². The first-order valence-electron chi connectivity index (χ1n) is 6.96. The summed E-state index contributed by atoms with van der Waals surface area (Å²) in [6, 6.07) is 3.92. The number of morpholine rings is 1. The van der Waals surface area contributed by atoms with Crippen LogP contribution in [0.1, 0.15) is 5.69 Å². The molecule has 0 aromatic carbocycles. The Morgan fingerprint density at radius 1 is 1.14 bits per heavy atom. The van der Waals surface area contributed by atoms with Gasteiger partial charge in [0.15, 0.2) is 5.82 Å². The molecule has 2 aromatic rings. The van der Waals surface area contributed by atoms with E-state index in [1.54, 1.807) is 13.2 Å². The van der Waals surface area contributed by atoms with Crippen LogP contribution in [0.2, 0.25) is 0 Å². The SMILES string of the molecule is CNc1nc(-c2ccc(C)nc2)nc(N2CCOCC2)n1. The van der Waals surface area contributed by atoms with Gasteiger partial charge < -0.3 is 15.0 Å². The van der Waals surface area contributed by atoms with E-state index in [-0.39, 0.29) is 0 Å². The smallest absolute Gasteiger partial charge is 0.230 e. The van der Waals surface area contributed by atoms with Gasteiger partial charge in [-0.25, -0.2) is 0 Å². The lowest BCUT2D eigenvalue weighted by Gasteiger charge is -2.27. The molecule has 21 heavy (non-hydrogen) atoms. The van der Waals surface area contributed by atoms with Gasteiger partial charge >= 0.3 is 0 Å². The molecule has 1 N–H and O–H groups in total. The highest BCUT2D eigenvalue weighted by molar-refractivity contribution is 5.57. The zero-order valence-corrected chi connectivity index (χ0v) is 12.2. The number of nitrogens with one attached hydrogen (secondary N) is 1. The highest BCUT2D eigenvalue weighted by Gasteiger charge is 2.16. The molecule has 0 radical (unpaired) electrons. The van der Waals surface area contributed by atoms with Gasteiger partial charge in [0.05, 0.1) is 13.2 Å². The van der Waals surface area contributed by atoms with Crippen LogP contribution < -0.4 is 10.2 Å². The first kappa shape index (κ1) is 13.7. The Hall–Kier alpha value is -2.28. The lowest BCUT2D eigenvalue weighted by atomic mass is 10.2. The van der Waals surface area contributed by atoms with Crippen molar-refractivity contribution in [2.75, 3.05) is 43.6 Å². The molecule has 0 atom stereocenters. The Labute approximate surface area is 123 Å². The third-order valence-electron chi connectivity index (χ3n) is 3.31. The number of rotatable bonds is 3. The van der Waals surface area contributed by atoms with Crippen LogP contribution in [0.3, 0.4) is 0 Å². The van der Waals surface area contributed by atoms with Crippen LogP contribution in [-0.4, -0.2) is 53.3 Å². The zero-order chi connectivity index (χ0) is 14.7. The van der Waals surface area contributed by atoms with Crippen LogP contribution in [0, 0.1) is 6.92 Å². The van der Waals surface area contributed by atoms with Gasteiger partial charge in [0.2, 0.25) is 11.9 Å². The van der Waals surface area contributed by atoms with Gasteiger partial charge in [0, 0.05) is 37.6 Å². The molecule has 0 spiro atoms. The Morgan fingerprint density at radius 2 is 1.95 bits per heavy atom. The Morgan fingerprint density at radius 3 is 2.62 bits per heavy atom. The fourth-order valence-corrected chi connectivity index (χ4v) is 2.11. The monoisotopic (exact) mass is 286 g/mol. The maximum absolute atomic E-state index is 5.37. The van der Waals surface area contributed by atoms with E-state index in [0.29, 0.717) is 30.9 Å². The highest BCUT2D eigenvalue weighted by Crippen LogP contribution is 2.19. The Kier molecular flexibility index (Phi) is 3.92. The fraction of sp³-hybridized carbons (Fsp3) is 0.429. The molecule has 1 aliphatic heterocycles. The van der Waals surface area contributed by atoms with Crippen molar-refractivity contribution >= 4 is 11.9 Å². The third kappa shape index (κ3) is 3.08. The number of ether oxygens (including phenoxy) is 1. The third-order valence-corrected chi connectivity index (χ3v) is 3.31. The van der Waals surface area contributed by atoms with Crippen LogP contribution in [0.15, 0.2) is 18.3 Å². The molecule has 1 aliphatic rings. The average molecular weight is 286 g/mol. The maximum atomic E-state index is 5.37. The lowest BCUT2D eigenvalue weighted by molar-refractivity contribution is 0.122. The second-order valence-electron chi connectivity index (χ2n) is 4.82. The van der Waals surface area contributed by atoms with Gasteiger partial charge in [0.1, 0.15) is 0 Å². The number of pyridine rings is 1. The van der Waals surface area contributed by atoms with Crippen molar-refractivity contribution in [3.63, 3.8) is 0 Å². The van der Waals surface area contributed by atoms with Crippen LogP contribution in [0.5, 0.6) is 0 Å². The second-order valence-corrected chi connectivity index (χ2v) is 4.82. The first-order chi connectivity index (χ1) is 10.3. The van der Waals surface area contributed by atoms with Gasteiger partial charge in [0.25, 0.3) is 0 Å². The van der Waals surface area contributed by atoms with Crippen molar-refractivity contribution in [3.8, 4) is 11.4 Å². The number of hydrogen-bond acceptors (Lipinski definition) is 7. The summed E-state index contributed by atoms with van der Waals surface area (Å²) in [6.45, 7) is 4.93. The van der Waals surface area contributed by atoms with E-state index in [1.807, 2.05) is 19.1 Å². The van der Waals surface area contributed by atoms with Crippen molar-refractivity contribution < 1.29 is 4.74 Å². The molecule has 0 unspecified atom stereocenters. The van der Waals surface area contributed by atoms with E-state index >= 15 is 0 Å². The van der Waals surface area contributed by atoms with Crippen LogP contribution in [0.25, 0.3) is 11.4 Å². The van der Waals surface area contributed by atoms with Crippen molar-refractivity contribution in [2.24, 2.45) is 0 Å². The largest absolute Gasteiger partial charge is 0.378 e. The summed E-state index contributed by atoms with van der Waals surface area (Å²) in [5.41, 5.74) is 1.85. The van der Waals surface area contributed by atoms with Crippen molar-refractivity contribution in [3.05, 3.63) is 24.0 Å². The molecule has 1 saturated heterocycles. The molecular formula is C14H18N6O. The molecule has 7 heteroatoms. The summed E-state index contributed by atoms with van der Waals surface area (Å²) in [5.74, 6) is 1.86. The van der Waals surface area contributed by atoms with Gasteiger partial charge in [-0.3, -0.25) is 4.98 Å². The van der Waals surface area contributed by atoms with Crippen molar-refractivity contribution in [2.45, 2.75) is 6.92 Å². The molecule has 3 rings (SSSR count). The Bertz CT molecular complexity index is 609. The van der Waals surface area contributed by atoms with E-state index in [2.05, 4.69) is 30.2 Å². The van der Waals surface area contributed by atoms with Crippen molar-refractivity contribution in [1.82, 2.24) is 19.9 Å². The fourth-order valence-electron chi connectivity index (χ4n) is 2.11. The molecule has 1 fully saturated rings. The summed E-state index contributed by atoms with van der Waals surface area (Å²) in [5, 5.41) is 2.99. The maximum Gasteiger partial charge on any atom is 0.230 e.